The zero-order chi connectivity index (χ0) is 20.9. The molecule has 5 rings (SSSR count). The van der Waals surface area contributed by atoms with E-state index in [0.29, 0.717) is 0 Å². The monoisotopic (exact) mass is 396 g/mol. The van der Waals surface area contributed by atoms with E-state index >= 15 is 0 Å². The summed E-state index contributed by atoms with van der Waals surface area (Å²) in [6, 6.07) is 26.1. The van der Waals surface area contributed by atoms with E-state index in [0.717, 1.165) is 33.8 Å². The zero-order valence-corrected chi connectivity index (χ0v) is 16.0. The molecule has 6 N–H and O–H groups in total. The van der Waals surface area contributed by atoms with Crippen LogP contribution in [0, 0.1) is 0 Å². The highest BCUT2D eigenvalue weighted by molar-refractivity contribution is 5.72. The molecule has 148 valence electrons. The van der Waals surface area contributed by atoms with Crippen molar-refractivity contribution in [1.82, 2.24) is 0 Å². The van der Waals surface area contributed by atoms with E-state index in [1.807, 2.05) is 60.7 Å². The van der Waals surface area contributed by atoms with Gasteiger partial charge in [-0.2, -0.15) is 0 Å². The molecule has 0 spiro atoms. The second-order valence-electron chi connectivity index (χ2n) is 7.39. The number of fused-ring (bicyclic) bond motifs is 2. The summed E-state index contributed by atoms with van der Waals surface area (Å²) in [6.07, 6.45) is 0. The maximum Gasteiger partial charge on any atom is 0.138 e. The molecule has 0 atom stereocenters. The molecule has 0 radical (unpaired) electrons. The minimum atomic E-state index is -0.810. The Hall–Kier alpha value is -4.12. The van der Waals surface area contributed by atoms with E-state index in [-0.39, 0.29) is 22.9 Å². The zero-order valence-electron chi connectivity index (χ0n) is 16.0. The molecule has 0 aromatic heterocycles. The van der Waals surface area contributed by atoms with Crippen LogP contribution in [0.3, 0.4) is 0 Å². The van der Waals surface area contributed by atoms with E-state index < -0.39 is 5.41 Å². The first-order chi connectivity index (χ1) is 14.5. The quantitative estimate of drug-likeness (QED) is 0.255. The number of hydrogen-bond acceptors (Lipinski definition) is 5. The van der Waals surface area contributed by atoms with E-state index in [1.54, 1.807) is 24.3 Å². The Labute approximate surface area is 173 Å². The van der Waals surface area contributed by atoms with Gasteiger partial charge >= 0.3 is 0 Å². The normalized spacial score (nSPS) is 13.7. The molecule has 0 fully saturated rings. The summed E-state index contributed by atoms with van der Waals surface area (Å²) in [7, 11) is 0. The van der Waals surface area contributed by atoms with Gasteiger partial charge in [0, 0.05) is 11.1 Å². The molecule has 5 nitrogen and oxygen atoms in total. The summed E-state index contributed by atoms with van der Waals surface area (Å²) in [6.45, 7) is 0. The van der Waals surface area contributed by atoms with Crippen molar-refractivity contribution in [3.63, 3.8) is 0 Å². The van der Waals surface area contributed by atoms with E-state index in [4.69, 9.17) is 16.2 Å². The van der Waals surface area contributed by atoms with Gasteiger partial charge in [0.1, 0.15) is 23.0 Å². The largest absolute Gasteiger partial charge is 0.506 e. The van der Waals surface area contributed by atoms with Crippen LogP contribution in [0.4, 0.5) is 11.4 Å². The van der Waals surface area contributed by atoms with Crippen LogP contribution < -0.4 is 16.2 Å². The van der Waals surface area contributed by atoms with Gasteiger partial charge in [0.25, 0.3) is 0 Å². The molecule has 30 heavy (non-hydrogen) atoms. The number of aromatic hydroxyl groups is 2. The van der Waals surface area contributed by atoms with E-state index in [9.17, 15) is 10.2 Å². The Bertz CT molecular complexity index is 1180. The smallest absolute Gasteiger partial charge is 0.138 e. The summed E-state index contributed by atoms with van der Waals surface area (Å²) >= 11 is 0. The molecule has 4 aromatic carbocycles. The van der Waals surface area contributed by atoms with Gasteiger partial charge in [-0.05, 0) is 47.5 Å². The van der Waals surface area contributed by atoms with Crippen molar-refractivity contribution in [2.45, 2.75) is 5.41 Å². The summed E-state index contributed by atoms with van der Waals surface area (Å²) in [5.41, 5.74) is 15.5. The fourth-order valence-corrected chi connectivity index (χ4v) is 4.36. The van der Waals surface area contributed by atoms with Crippen molar-refractivity contribution < 1.29 is 14.9 Å². The van der Waals surface area contributed by atoms with Crippen molar-refractivity contribution in [1.29, 1.82) is 0 Å². The average Bonchev–Trinajstić information content (AvgIpc) is 2.76. The fraction of sp³-hybridized carbons (Fsp3) is 0.0400. The van der Waals surface area contributed by atoms with Crippen molar-refractivity contribution in [2.75, 3.05) is 11.5 Å². The molecule has 1 aliphatic rings. The van der Waals surface area contributed by atoms with Gasteiger partial charge in [-0.25, -0.2) is 0 Å². The van der Waals surface area contributed by atoms with Crippen LogP contribution in [0.15, 0.2) is 84.9 Å². The minimum absolute atomic E-state index is 0.0211. The topological polar surface area (TPSA) is 102 Å². The minimum Gasteiger partial charge on any atom is -0.506 e. The van der Waals surface area contributed by atoms with Gasteiger partial charge in [0.2, 0.25) is 0 Å². The van der Waals surface area contributed by atoms with Crippen molar-refractivity contribution in [3.05, 3.63) is 107 Å². The highest BCUT2D eigenvalue weighted by atomic mass is 16.5. The number of ether oxygens (including phenoxy) is 1. The summed E-state index contributed by atoms with van der Waals surface area (Å²) < 4.78 is 6.22. The highest BCUT2D eigenvalue weighted by Gasteiger charge is 2.45. The second kappa shape index (κ2) is 6.46. The van der Waals surface area contributed by atoms with E-state index in [2.05, 4.69) is 0 Å². The SMILES string of the molecule is Nc1cc(C2(c3ccc(O)c(N)c3)c3ccccc3Oc3ccccc32)ccc1O. The van der Waals surface area contributed by atoms with Crippen LogP contribution in [-0.4, -0.2) is 10.2 Å². The third-order valence-electron chi connectivity index (χ3n) is 5.72. The molecule has 0 saturated heterocycles. The average molecular weight is 396 g/mol. The second-order valence-corrected chi connectivity index (χ2v) is 7.39. The molecule has 0 aliphatic carbocycles. The van der Waals surface area contributed by atoms with Crippen LogP contribution in [-0.2, 0) is 5.41 Å². The standard InChI is InChI=1S/C25H20N2O3/c26-19-13-15(9-11-21(19)28)25(16-10-12-22(29)20(27)14-16)17-5-1-3-7-23(17)30-24-8-4-2-6-18(24)25/h1-14,28-29H,26-27H2. The van der Waals surface area contributed by atoms with Crippen LogP contribution >= 0.6 is 0 Å². The lowest BCUT2D eigenvalue weighted by Crippen LogP contribution is -2.34. The molecule has 0 unspecified atom stereocenters. The maximum atomic E-state index is 10.1. The first-order valence-corrected chi connectivity index (χ1v) is 9.56. The Balaban J connectivity index is 1.97. The third-order valence-corrected chi connectivity index (χ3v) is 5.72. The highest BCUT2D eigenvalue weighted by Crippen LogP contribution is 2.56. The molecule has 0 amide bonds. The number of anilines is 2. The molecule has 1 heterocycles. The lowest BCUT2D eigenvalue weighted by Gasteiger charge is -2.41. The molecule has 5 heteroatoms. The van der Waals surface area contributed by atoms with E-state index in [1.165, 1.54) is 0 Å². The first-order valence-electron chi connectivity index (χ1n) is 9.56. The summed E-state index contributed by atoms with van der Waals surface area (Å²) in [4.78, 5) is 0. The van der Waals surface area contributed by atoms with Crippen molar-refractivity contribution >= 4 is 11.4 Å². The predicted octanol–water partition coefficient (Wildman–Crippen LogP) is 4.75. The first kappa shape index (κ1) is 17.9. The lowest BCUT2D eigenvalue weighted by atomic mass is 9.63. The number of benzene rings is 4. The molecule has 1 aliphatic heterocycles. The maximum absolute atomic E-state index is 10.1. The molecule has 0 bridgehead atoms. The molecule has 4 aromatic rings. The van der Waals surface area contributed by atoms with Crippen LogP contribution in [0.2, 0.25) is 0 Å². The van der Waals surface area contributed by atoms with Crippen LogP contribution in [0.25, 0.3) is 0 Å². The summed E-state index contributed by atoms with van der Waals surface area (Å²) in [5.74, 6) is 1.48. The predicted molar refractivity (Wildman–Crippen MR) is 117 cm³/mol. The number of nitrogens with two attached hydrogens (primary N) is 2. The lowest BCUT2D eigenvalue weighted by molar-refractivity contribution is 0.434. The molecule has 0 saturated carbocycles. The van der Waals surface area contributed by atoms with Gasteiger partial charge in [0.15, 0.2) is 0 Å². The Kier molecular flexibility index (Phi) is 3.86. The number of para-hydroxylation sites is 2. The Morgan fingerprint density at radius 1 is 0.600 bits per heavy atom. The van der Waals surface area contributed by atoms with Gasteiger partial charge in [-0.3, -0.25) is 0 Å². The van der Waals surface area contributed by atoms with Gasteiger partial charge < -0.3 is 26.4 Å². The Morgan fingerprint density at radius 2 is 1.03 bits per heavy atom. The number of rotatable bonds is 2. The van der Waals surface area contributed by atoms with Gasteiger partial charge in [-0.15, -0.1) is 0 Å². The number of hydrogen-bond donors (Lipinski definition) is 4. The van der Waals surface area contributed by atoms with Crippen LogP contribution in [0.1, 0.15) is 22.3 Å². The Morgan fingerprint density at radius 3 is 1.47 bits per heavy atom. The fourth-order valence-electron chi connectivity index (χ4n) is 4.36. The van der Waals surface area contributed by atoms with Crippen LogP contribution in [0.5, 0.6) is 23.0 Å². The third kappa shape index (κ3) is 2.42. The number of nitrogen functional groups attached to an aromatic ring is 2. The van der Waals surface area contributed by atoms with Crippen molar-refractivity contribution in [3.8, 4) is 23.0 Å². The summed E-state index contributed by atoms with van der Waals surface area (Å²) in [5, 5.41) is 20.1. The number of phenols is 2. The molecular weight excluding hydrogens is 376 g/mol. The van der Waals surface area contributed by atoms with Crippen molar-refractivity contribution in [2.24, 2.45) is 0 Å². The van der Waals surface area contributed by atoms with Gasteiger partial charge in [-0.1, -0.05) is 48.5 Å². The van der Waals surface area contributed by atoms with Gasteiger partial charge in [0.05, 0.1) is 16.8 Å². The molecular formula is C25H20N2O3. The number of phenolic OH excluding ortho intramolecular Hbond substituents is 2.